The second-order valence-electron chi connectivity index (χ2n) is 3.02. The average molecular weight is 208 g/mol. The summed E-state index contributed by atoms with van der Waals surface area (Å²) < 4.78 is 0. The Morgan fingerprint density at radius 2 is 2.21 bits per heavy atom. The number of nitrogens with one attached hydrogen (secondary N) is 1. The zero-order valence-electron chi connectivity index (χ0n) is 8.52. The van der Waals surface area contributed by atoms with Crippen molar-refractivity contribution >= 4 is 17.3 Å². The monoisotopic (exact) mass is 207 g/mol. The van der Waals surface area contributed by atoms with E-state index in [1.165, 1.54) is 0 Å². The van der Waals surface area contributed by atoms with Gasteiger partial charge in [0.25, 0.3) is 0 Å². The van der Waals surface area contributed by atoms with E-state index in [2.05, 4.69) is 17.2 Å². The maximum atomic E-state index is 5.99. The van der Waals surface area contributed by atoms with E-state index < -0.39 is 0 Å². The van der Waals surface area contributed by atoms with E-state index in [0.717, 1.165) is 29.2 Å². The highest BCUT2D eigenvalue weighted by Crippen LogP contribution is 2.22. The smallest absolute Gasteiger partial charge is 0.0455 e. The number of benzene rings is 1. The lowest BCUT2D eigenvalue weighted by Crippen LogP contribution is -2.01. The van der Waals surface area contributed by atoms with Crippen molar-refractivity contribution in [2.45, 2.75) is 20.3 Å². The fraction of sp³-hybridized carbons (Fsp3) is 0.333. The van der Waals surface area contributed by atoms with Gasteiger partial charge in [-0.15, -0.1) is 11.8 Å². The Labute approximate surface area is 90.5 Å². The molecule has 0 radical (unpaired) electrons. The minimum atomic E-state index is 0.802. The van der Waals surface area contributed by atoms with Crippen LogP contribution in [-0.2, 0) is 0 Å². The second kappa shape index (κ2) is 5.57. The topological polar surface area (TPSA) is 12.0 Å². The van der Waals surface area contributed by atoms with Crippen LogP contribution in [0.15, 0.2) is 18.2 Å². The number of anilines is 1. The molecule has 0 saturated carbocycles. The van der Waals surface area contributed by atoms with Gasteiger partial charge in [-0.05, 0) is 31.5 Å². The second-order valence-corrected chi connectivity index (χ2v) is 3.42. The summed E-state index contributed by atoms with van der Waals surface area (Å²) in [7, 11) is 0. The molecule has 1 rings (SSSR count). The van der Waals surface area contributed by atoms with Gasteiger partial charge in [0.2, 0.25) is 0 Å². The molecule has 1 nitrogen and oxygen atoms in total. The quantitative estimate of drug-likeness (QED) is 0.591. The third-order valence-corrected chi connectivity index (χ3v) is 2.42. The van der Waals surface area contributed by atoms with Crippen molar-refractivity contribution in [2.24, 2.45) is 0 Å². The Balaban J connectivity index is 2.57. The molecule has 14 heavy (non-hydrogen) atoms. The summed E-state index contributed by atoms with van der Waals surface area (Å²) in [5.41, 5.74) is 2.19. The first-order valence-electron chi connectivity index (χ1n) is 4.64. The van der Waals surface area contributed by atoms with Crippen molar-refractivity contribution < 1.29 is 0 Å². The fourth-order valence-electron chi connectivity index (χ4n) is 1.18. The van der Waals surface area contributed by atoms with E-state index in [9.17, 15) is 0 Å². The molecule has 2 heteroatoms. The highest BCUT2D eigenvalue weighted by atomic mass is 35.5. The molecular formula is C12H14ClN. The zero-order chi connectivity index (χ0) is 10.4. The molecule has 0 unspecified atom stereocenters. The van der Waals surface area contributed by atoms with Gasteiger partial charge < -0.3 is 5.32 Å². The first-order valence-corrected chi connectivity index (χ1v) is 5.02. The van der Waals surface area contributed by atoms with Crippen LogP contribution in [0.5, 0.6) is 0 Å². The van der Waals surface area contributed by atoms with Crippen molar-refractivity contribution in [2.75, 3.05) is 11.9 Å². The van der Waals surface area contributed by atoms with Crippen LogP contribution in [-0.4, -0.2) is 6.54 Å². The summed E-state index contributed by atoms with van der Waals surface area (Å²) in [5.74, 6) is 5.87. The maximum absolute atomic E-state index is 5.99. The lowest BCUT2D eigenvalue weighted by Gasteiger charge is -2.08. The van der Waals surface area contributed by atoms with Crippen LogP contribution in [0, 0.1) is 18.8 Å². The normalized spacial score (nSPS) is 9.07. The van der Waals surface area contributed by atoms with Crippen LogP contribution in [0.1, 0.15) is 18.9 Å². The van der Waals surface area contributed by atoms with E-state index in [4.69, 9.17) is 11.6 Å². The third kappa shape index (κ3) is 2.97. The molecule has 0 aliphatic rings. The Morgan fingerprint density at radius 3 is 2.93 bits per heavy atom. The van der Waals surface area contributed by atoms with Crippen LogP contribution in [0.4, 0.5) is 5.69 Å². The molecule has 1 N–H and O–H groups in total. The van der Waals surface area contributed by atoms with Gasteiger partial charge in [-0.3, -0.25) is 0 Å². The van der Waals surface area contributed by atoms with Gasteiger partial charge in [0.15, 0.2) is 0 Å². The van der Waals surface area contributed by atoms with Crippen molar-refractivity contribution in [1.29, 1.82) is 0 Å². The lowest BCUT2D eigenvalue weighted by molar-refractivity contribution is 1.09. The van der Waals surface area contributed by atoms with Gasteiger partial charge in [-0.25, -0.2) is 0 Å². The zero-order valence-corrected chi connectivity index (χ0v) is 9.28. The molecule has 0 fully saturated rings. The standard InChI is InChI=1S/C12H14ClN/c1-3-4-5-9-14-12-8-6-7-11(13)10(12)2/h6-8,14H,5,9H2,1-2H3. The summed E-state index contributed by atoms with van der Waals surface area (Å²) >= 11 is 5.99. The number of rotatable bonds is 3. The highest BCUT2D eigenvalue weighted by Gasteiger charge is 1.99. The van der Waals surface area contributed by atoms with Crippen molar-refractivity contribution in [3.05, 3.63) is 28.8 Å². The van der Waals surface area contributed by atoms with Crippen LogP contribution in [0.3, 0.4) is 0 Å². The van der Waals surface area contributed by atoms with Crippen LogP contribution in [0.25, 0.3) is 0 Å². The van der Waals surface area contributed by atoms with Gasteiger partial charge >= 0.3 is 0 Å². The first kappa shape index (κ1) is 10.9. The van der Waals surface area contributed by atoms with Crippen LogP contribution in [0.2, 0.25) is 5.02 Å². The number of hydrogen-bond donors (Lipinski definition) is 1. The minimum Gasteiger partial charge on any atom is -0.384 e. The molecule has 0 heterocycles. The molecule has 0 aromatic heterocycles. The summed E-state index contributed by atoms with van der Waals surface area (Å²) in [4.78, 5) is 0. The van der Waals surface area contributed by atoms with Gasteiger partial charge in [0.05, 0.1) is 0 Å². The molecule has 0 aliphatic heterocycles. The largest absolute Gasteiger partial charge is 0.384 e. The summed E-state index contributed by atoms with van der Waals surface area (Å²) in [6.07, 6.45) is 0.864. The molecule has 1 aromatic rings. The molecular weight excluding hydrogens is 194 g/mol. The Hall–Kier alpha value is -1.13. The van der Waals surface area contributed by atoms with Gasteiger partial charge in [-0.1, -0.05) is 17.7 Å². The first-order chi connectivity index (χ1) is 6.75. The predicted molar refractivity (Wildman–Crippen MR) is 62.7 cm³/mol. The van der Waals surface area contributed by atoms with Crippen molar-refractivity contribution in [3.63, 3.8) is 0 Å². The Morgan fingerprint density at radius 1 is 1.43 bits per heavy atom. The number of hydrogen-bond acceptors (Lipinski definition) is 1. The summed E-state index contributed by atoms with van der Waals surface area (Å²) in [6, 6.07) is 5.87. The highest BCUT2D eigenvalue weighted by molar-refractivity contribution is 6.31. The van der Waals surface area contributed by atoms with Gasteiger partial charge in [0.1, 0.15) is 0 Å². The van der Waals surface area contributed by atoms with Crippen molar-refractivity contribution in [3.8, 4) is 11.8 Å². The van der Waals surface area contributed by atoms with E-state index in [0.29, 0.717) is 0 Å². The maximum Gasteiger partial charge on any atom is 0.0455 e. The summed E-state index contributed by atoms with van der Waals surface area (Å²) in [5, 5.41) is 4.10. The lowest BCUT2D eigenvalue weighted by atomic mass is 10.2. The molecule has 0 amide bonds. The van der Waals surface area contributed by atoms with E-state index >= 15 is 0 Å². The van der Waals surface area contributed by atoms with Crippen molar-refractivity contribution in [1.82, 2.24) is 0 Å². The Kier molecular flexibility index (Phi) is 4.35. The van der Waals surface area contributed by atoms with Crippen LogP contribution >= 0.6 is 11.6 Å². The summed E-state index contributed by atoms with van der Waals surface area (Å²) in [6.45, 7) is 4.73. The van der Waals surface area contributed by atoms with E-state index in [1.54, 1.807) is 0 Å². The molecule has 0 bridgehead atoms. The van der Waals surface area contributed by atoms with Crippen LogP contribution < -0.4 is 5.32 Å². The van der Waals surface area contributed by atoms with E-state index in [-0.39, 0.29) is 0 Å². The Bertz CT molecular complexity index is 360. The van der Waals surface area contributed by atoms with Gasteiger partial charge in [-0.2, -0.15) is 0 Å². The SMILES string of the molecule is CC#CCCNc1cccc(Cl)c1C. The molecule has 0 aliphatic carbocycles. The average Bonchev–Trinajstić information content (AvgIpc) is 2.19. The number of halogens is 1. The fourth-order valence-corrected chi connectivity index (χ4v) is 1.36. The molecule has 0 saturated heterocycles. The molecule has 0 spiro atoms. The predicted octanol–water partition coefficient (Wildman–Crippen LogP) is 3.47. The van der Waals surface area contributed by atoms with E-state index in [1.807, 2.05) is 32.0 Å². The minimum absolute atomic E-state index is 0.802. The van der Waals surface area contributed by atoms with Gasteiger partial charge in [0, 0.05) is 23.7 Å². The third-order valence-electron chi connectivity index (χ3n) is 2.01. The molecule has 0 atom stereocenters. The molecule has 1 aromatic carbocycles. The molecule has 74 valence electrons.